The summed E-state index contributed by atoms with van der Waals surface area (Å²) in [5.41, 5.74) is 3.44. The van der Waals surface area contributed by atoms with Gasteiger partial charge in [0.05, 0.1) is 16.2 Å². The van der Waals surface area contributed by atoms with Crippen molar-refractivity contribution in [3.05, 3.63) is 112 Å². The Labute approximate surface area is 253 Å². The lowest BCUT2D eigenvalue weighted by Crippen LogP contribution is -2.46. The third kappa shape index (κ3) is 6.56. The van der Waals surface area contributed by atoms with Crippen molar-refractivity contribution in [1.82, 2.24) is 0 Å². The zero-order chi connectivity index (χ0) is 29.4. The number of halogens is 2. The first-order chi connectivity index (χ1) is 19.5. The summed E-state index contributed by atoms with van der Waals surface area (Å²) in [4.78, 5) is -0.178. The minimum atomic E-state index is -4.27. The minimum absolute atomic E-state index is 0.0682. The average Bonchev–Trinajstić information content (AvgIpc) is 3.67. The highest BCUT2D eigenvalue weighted by Crippen LogP contribution is 2.53. The van der Waals surface area contributed by atoms with Crippen LogP contribution in [0.1, 0.15) is 61.3 Å². The van der Waals surface area contributed by atoms with E-state index >= 15 is 0 Å². The van der Waals surface area contributed by atoms with Gasteiger partial charge in [0.25, 0.3) is 0 Å². The van der Waals surface area contributed by atoms with Crippen molar-refractivity contribution in [3.8, 4) is 0 Å². The third-order valence-electron chi connectivity index (χ3n) is 8.41. The molecular formula is C33H35Cl2NO4S. The summed E-state index contributed by atoms with van der Waals surface area (Å²) in [7, 11) is -4.27. The summed E-state index contributed by atoms with van der Waals surface area (Å²) in [5.74, 6) is 2.18. The molecule has 41 heavy (non-hydrogen) atoms. The summed E-state index contributed by atoms with van der Waals surface area (Å²) >= 11 is 12.7. The number of benzene rings is 3. The highest BCUT2D eigenvalue weighted by atomic mass is 35.5. The monoisotopic (exact) mass is 611 g/mol. The van der Waals surface area contributed by atoms with Crippen LogP contribution in [0.25, 0.3) is 0 Å². The van der Waals surface area contributed by atoms with Gasteiger partial charge in [0.1, 0.15) is 10.1 Å². The molecule has 0 unspecified atom stereocenters. The van der Waals surface area contributed by atoms with Crippen molar-refractivity contribution < 1.29 is 22.3 Å². The van der Waals surface area contributed by atoms with E-state index in [1.165, 1.54) is 36.1 Å². The zero-order valence-electron chi connectivity index (χ0n) is 23.3. The standard InChI is InChI=1S/C26H28Cl2NO.C7H8O3S/c1-3-13-26(2)15-22(19-5-4-6-21(28)14-19)24(18-9-11-20(27)12-10-18)29-23(17-7-8-17)16-30-25(26)29;1-6-2-4-7(5-3-6)11(8,9)10/h3-6,9-12,14,17,22-24H,1,7-8,13,15-16H2,2H3;2-5H,1H3,(H,8,9,10)/q+1;/p-1/t22-,23-,24-,26+;/m1./s1. The van der Waals surface area contributed by atoms with E-state index in [1.807, 2.05) is 31.2 Å². The SMILES string of the molecule is C=CC[C@@]1(C)C[C@H](c2cccc(Cl)c2)[C@@H](c2ccc(Cl)cc2)[N+]2=C1OC[C@@H]2C1CC1.Cc1ccc(S(=O)(=O)[O-])cc1. The maximum atomic E-state index is 10.4. The molecule has 5 nitrogen and oxygen atoms in total. The van der Waals surface area contributed by atoms with Gasteiger partial charge >= 0.3 is 5.90 Å². The Morgan fingerprint density at radius 1 is 1.02 bits per heavy atom. The molecule has 3 aliphatic rings. The van der Waals surface area contributed by atoms with Crippen LogP contribution in [0, 0.1) is 18.3 Å². The van der Waals surface area contributed by atoms with Crippen LogP contribution in [-0.4, -0.2) is 36.1 Å². The summed E-state index contributed by atoms with van der Waals surface area (Å²) < 4.78 is 40.3. The predicted octanol–water partition coefficient (Wildman–Crippen LogP) is 7.92. The maximum absolute atomic E-state index is 10.4. The molecule has 0 saturated heterocycles. The molecule has 0 amide bonds. The lowest BCUT2D eigenvalue weighted by atomic mass is 9.69. The Morgan fingerprint density at radius 3 is 2.29 bits per heavy atom. The third-order valence-corrected chi connectivity index (χ3v) is 9.75. The summed E-state index contributed by atoms with van der Waals surface area (Å²) in [6, 6.07) is 23.2. The summed E-state index contributed by atoms with van der Waals surface area (Å²) in [6.07, 6.45) is 6.53. The number of nitrogens with zero attached hydrogens (tertiary/aromatic N) is 1. The van der Waals surface area contributed by atoms with E-state index in [0.717, 1.165) is 46.9 Å². The van der Waals surface area contributed by atoms with Crippen molar-refractivity contribution >= 4 is 39.2 Å². The second kappa shape index (κ2) is 11.9. The van der Waals surface area contributed by atoms with E-state index in [0.29, 0.717) is 12.0 Å². The molecule has 3 aromatic rings. The van der Waals surface area contributed by atoms with Crippen molar-refractivity contribution in [3.63, 3.8) is 0 Å². The lowest BCUT2D eigenvalue weighted by Gasteiger charge is -2.38. The Kier molecular flexibility index (Phi) is 8.68. The number of allylic oxidation sites excluding steroid dienone is 1. The Hall–Kier alpha value is -2.64. The summed E-state index contributed by atoms with van der Waals surface area (Å²) in [5, 5.41) is 1.56. The van der Waals surface area contributed by atoms with Crippen LogP contribution in [0.2, 0.25) is 10.0 Å². The first-order valence-corrected chi connectivity index (χ1v) is 16.1. The van der Waals surface area contributed by atoms with Gasteiger partial charge < -0.3 is 9.29 Å². The van der Waals surface area contributed by atoms with Crippen molar-refractivity contribution in [2.45, 2.75) is 62.4 Å². The molecule has 2 aliphatic heterocycles. The van der Waals surface area contributed by atoms with Gasteiger partial charge in [-0.25, -0.2) is 8.42 Å². The van der Waals surface area contributed by atoms with E-state index < -0.39 is 10.1 Å². The molecule has 8 heteroatoms. The van der Waals surface area contributed by atoms with Gasteiger partial charge in [-0.05, 0) is 81.5 Å². The van der Waals surface area contributed by atoms with Gasteiger partial charge in [0.15, 0.2) is 18.7 Å². The Balaban J connectivity index is 0.000000259. The van der Waals surface area contributed by atoms with Crippen LogP contribution in [0.3, 0.4) is 0 Å². The van der Waals surface area contributed by atoms with Gasteiger partial charge in [-0.15, -0.1) is 6.58 Å². The number of rotatable bonds is 6. The molecule has 0 radical (unpaired) electrons. The van der Waals surface area contributed by atoms with Crippen LogP contribution in [0.4, 0.5) is 0 Å². The molecule has 1 fully saturated rings. The van der Waals surface area contributed by atoms with Crippen molar-refractivity contribution in [2.75, 3.05) is 6.61 Å². The van der Waals surface area contributed by atoms with Crippen molar-refractivity contribution in [2.24, 2.45) is 11.3 Å². The molecule has 1 saturated carbocycles. The minimum Gasteiger partial charge on any atom is -0.744 e. The molecule has 2 heterocycles. The van der Waals surface area contributed by atoms with E-state index in [9.17, 15) is 13.0 Å². The normalized spacial score (nSPS) is 25.5. The second-order valence-corrected chi connectivity index (χ2v) is 13.9. The number of hydrogen-bond acceptors (Lipinski definition) is 4. The fraction of sp³-hybridized carbons (Fsp3) is 0.364. The van der Waals surface area contributed by atoms with E-state index in [2.05, 4.69) is 48.4 Å². The Morgan fingerprint density at radius 2 is 1.71 bits per heavy atom. The fourth-order valence-electron chi connectivity index (χ4n) is 6.30. The molecule has 3 aromatic carbocycles. The molecule has 1 aliphatic carbocycles. The van der Waals surface area contributed by atoms with E-state index in [4.69, 9.17) is 27.9 Å². The predicted molar refractivity (Wildman–Crippen MR) is 163 cm³/mol. The van der Waals surface area contributed by atoms with Crippen LogP contribution in [0.5, 0.6) is 0 Å². The largest absolute Gasteiger partial charge is 0.744 e. The van der Waals surface area contributed by atoms with E-state index in [1.54, 1.807) is 12.1 Å². The van der Waals surface area contributed by atoms with Crippen molar-refractivity contribution in [1.29, 1.82) is 0 Å². The highest BCUT2D eigenvalue weighted by Gasteiger charge is 2.59. The molecule has 0 aromatic heterocycles. The lowest BCUT2D eigenvalue weighted by molar-refractivity contribution is -0.614. The number of hydrogen-bond donors (Lipinski definition) is 0. The van der Waals surface area contributed by atoms with Gasteiger partial charge in [0.2, 0.25) is 0 Å². The fourth-order valence-corrected chi connectivity index (χ4v) is 7.09. The first-order valence-electron chi connectivity index (χ1n) is 13.9. The van der Waals surface area contributed by atoms with Gasteiger partial charge in [-0.1, -0.05) is 71.2 Å². The molecule has 0 N–H and O–H groups in total. The topological polar surface area (TPSA) is 69.4 Å². The van der Waals surface area contributed by atoms with Crippen LogP contribution in [-0.2, 0) is 14.9 Å². The quantitative estimate of drug-likeness (QED) is 0.161. The molecule has 6 rings (SSSR count). The molecule has 216 valence electrons. The number of ether oxygens (including phenoxy) is 1. The number of aryl methyl sites for hydroxylation is 1. The van der Waals surface area contributed by atoms with Crippen LogP contribution >= 0.6 is 23.2 Å². The highest BCUT2D eigenvalue weighted by molar-refractivity contribution is 7.85. The summed E-state index contributed by atoms with van der Waals surface area (Å²) in [6.45, 7) is 9.00. The molecule has 4 atom stereocenters. The second-order valence-electron chi connectivity index (χ2n) is 11.6. The van der Waals surface area contributed by atoms with Crippen LogP contribution in [0.15, 0.2) is 90.3 Å². The average molecular weight is 613 g/mol. The van der Waals surface area contributed by atoms with Crippen LogP contribution < -0.4 is 0 Å². The van der Waals surface area contributed by atoms with E-state index in [-0.39, 0.29) is 16.4 Å². The maximum Gasteiger partial charge on any atom is 0.343 e. The van der Waals surface area contributed by atoms with Gasteiger partial charge in [-0.2, -0.15) is 4.58 Å². The van der Waals surface area contributed by atoms with Gasteiger partial charge in [0, 0.05) is 21.5 Å². The first kappa shape index (κ1) is 29.8. The Bertz CT molecular complexity index is 1550. The van der Waals surface area contributed by atoms with Gasteiger partial charge in [-0.3, -0.25) is 0 Å². The molecule has 0 spiro atoms. The smallest absolute Gasteiger partial charge is 0.343 e. The zero-order valence-corrected chi connectivity index (χ0v) is 25.6. The molecule has 0 bridgehead atoms. The molecular weight excluding hydrogens is 577 g/mol.